The molecule has 0 aliphatic rings. The van der Waals surface area contributed by atoms with Crippen molar-refractivity contribution in [3.05, 3.63) is 71.3 Å². The van der Waals surface area contributed by atoms with Crippen LogP contribution in [0.15, 0.2) is 54.6 Å². The van der Waals surface area contributed by atoms with Gasteiger partial charge in [0, 0.05) is 13.1 Å². The molecule has 7 nitrogen and oxygen atoms in total. The van der Waals surface area contributed by atoms with Crippen LogP contribution < -0.4 is 10.6 Å². The SMILES string of the molecule is CCCCCN(C(=O)C(NC(=O)OC(C)(C)C)C(C)C)C(C(=O)NCc1ccccc1)c1ccc(CC)cc1. The lowest BCUT2D eigenvalue weighted by atomic mass is 9.97. The molecule has 0 spiro atoms. The second kappa shape index (κ2) is 15.3. The quantitative estimate of drug-likeness (QED) is 0.299. The minimum atomic E-state index is -0.846. The smallest absolute Gasteiger partial charge is 0.408 e. The average Bonchev–Trinajstić information content (AvgIpc) is 2.89. The Morgan fingerprint density at radius 3 is 2.08 bits per heavy atom. The Bertz CT molecular complexity index is 1050. The van der Waals surface area contributed by atoms with E-state index < -0.39 is 23.8 Å². The Balaban J connectivity index is 2.46. The number of nitrogens with one attached hydrogen (secondary N) is 2. The summed E-state index contributed by atoms with van der Waals surface area (Å²) in [5.41, 5.74) is 2.16. The van der Waals surface area contributed by atoms with Gasteiger partial charge in [-0.3, -0.25) is 9.59 Å². The Kier molecular flexibility index (Phi) is 12.5. The highest BCUT2D eigenvalue weighted by Crippen LogP contribution is 2.25. The maximum atomic E-state index is 14.2. The number of ether oxygens (including phenoxy) is 1. The molecule has 2 unspecified atom stereocenters. The van der Waals surface area contributed by atoms with E-state index in [0.717, 1.165) is 42.4 Å². The first-order valence-electron chi connectivity index (χ1n) is 14.2. The van der Waals surface area contributed by atoms with Crippen LogP contribution in [0.4, 0.5) is 4.79 Å². The Morgan fingerprint density at radius 2 is 1.54 bits per heavy atom. The minimum absolute atomic E-state index is 0.214. The Hall–Kier alpha value is -3.35. The van der Waals surface area contributed by atoms with Gasteiger partial charge in [-0.05, 0) is 56.2 Å². The van der Waals surface area contributed by atoms with Crippen LogP contribution in [-0.4, -0.2) is 41.0 Å². The number of unbranched alkanes of at least 4 members (excludes halogenated alkanes) is 2. The van der Waals surface area contributed by atoms with Crippen molar-refractivity contribution < 1.29 is 19.1 Å². The summed E-state index contributed by atoms with van der Waals surface area (Å²) in [6.07, 6.45) is 2.86. The van der Waals surface area contributed by atoms with Crippen molar-refractivity contribution in [1.82, 2.24) is 15.5 Å². The van der Waals surface area contributed by atoms with Crippen LogP contribution in [0.5, 0.6) is 0 Å². The average molecular weight is 538 g/mol. The zero-order valence-electron chi connectivity index (χ0n) is 24.8. The number of benzene rings is 2. The van der Waals surface area contributed by atoms with Crippen molar-refractivity contribution in [2.75, 3.05) is 6.54 Å². The summed E-state index contributed by atoms with van der Waals surface area (Å²) in [6, 6.07) is 15.9. The number of carbonyl (C=O) groups is 3. The summed E-state index contributed by atoms with van der Waals surface area (Å²) in [7, 11) is 0. The molecule has 0 radical (unpaired) electrons. The fourth-order valence-electron chi connectivity index (χ4n) is 4.32. The van der Waals surface area contributed by atoms with E-state index in [1.54, 1.807) is 25.7 Å². The maximum absolute atomic E-state index is 14.2. The van der Waals surface area contributed by atoms with Crippen molar-refractivity contribution in [2.45, 2.75) is 98.4 Å². The van der Waals surface area contributed by atoms with Gasteiger partial charge in [0.15, 0.2) is 0 Å². The van der Waals surface area contributed by atoms with Gasteiger partial charge < -0.3 is 20.3 Å². The fourth-order valence-corrected chi connectivity index (χ4v) is 4.32. The predicted molar refractivity (Wildman–Crippen MR) is 156 cm³/mol. The normalized spacial score (nSPS) is 12.9. The summed E-state index contributed by atoms with van der Waals surface area (Å²) in [5.74, 6) is -0.770. The van der Waals surface area contributed by atoms with Crippen molar-refractivity contribution in [1.29, 1.82) is 0 Å². The molecule has 3 amide bonds. The molecule has 0 saturated heterocycles. The van der Waals surface area contributed by atoms with Gasteiger partial charge in [0.1, 0.15) is 17.7 Å². The van der Waals surface area contributed by atoms with E-state index in [9.17, 15) is 14.4 Å². The highest BCUT2D eigenvalue weighted by Gasteiger charge is 2.37. The van der Waals surface area contributed by atoms with Gasteiger partial charge in [0.2, 0.25) is 11.8 Å². The highest BCUT2D eigenvalue weighted by molar-refractivity contribution is 5.92. The summed E-state index contributed by atoms with van der Waals surface area (Å²) in [5, 5.41) is 5.83. The van der Waals surface area contributed by atoms with Gasteiger partial charge in [-0.25, -0.2) is 4.79 Å². The number of aryl methyl sites for hydroxylation is 1. The molecule has 2 aromatic rings. The third-order valence-electron chi connectivity index (χ3n) is 6.46. The number of nitrogens with zero attached hydrogens (tertiary/aromatic N) is 1. The number of hydrogen-bond donors (Lipinski definition) is 2. The number of alkyl carbamates (subject to hydrolysis) is 1. The molecule has 0 aliphatic carbocycles. The number of rotatable bonds is 13. The lowest BCUT2D eigenvalue weighted by molar-refractivity contribution is -0.143. The third kappa shape index (κ3) is 10.4. The first-order chi connectivity index (χ1) is 18.5. The summed E-state index contributed by atoms with van der Waals surface area (Å²) in [6.45, 7) is 14.0. The van der Waals surface area contributed by atoms with Gasteiger partial charge >= 0.3 is 6.09 Å². The third-order valence-corrected chi connectivity index (χ3v) is 6.46. The largest absolute Gasteiger partial charge is 0.444 e. The van der Waals surface area contributed by atoms with Gasteiger partial charge in [-0.15, -0.1) is 0 Å². The Labute approximate surface area is 234 Å². The molecule has 214 valence electrons. The zero-order valence-corrected chi connectivity index (χ0v) is 24.8. The standard InChI is InChI=1S/C32H47N3O4/c1-8-10-14-21-35(30(37)27(23(3)4)34-31(38)39-32(5,6)7)28(26-19-17-24(9-2)18-20-26)29(36)33-22-25-15-12-11-13-16-25/h11-13,15-20,23,27-28H,8-10,14,21-22H2,1-7H3,(H,33,36)(H,34,38). The van der Waals surface area contributed by atoms with E-state index >= 15 is 0 Å². The lowest BCUT2D eigenvalue weighted by Gasteiger charge is -2.35. The van der Waals surface area contributed by atoms with Crippen LogP contribution in [0, 0.1) is 5.92 Å². The topological polar surface area (TPSA) is 87.7 Å². The summed E-state index contributed by atoms with van der Waals surface area (Å²) in [4.78, 5) is 42.3. The van der Waals surface area contributed by atoms with E-state index in [0.29, 0.717) is 13.1 Å². The molecule has 0 bridgehead atoms. The molecule has 2 aromatic carbocycles. The number of hydrogen-bond acceptors (Lipinski definition) is 4. The van der Waals surface area contributed by atoms with Crippen LogP contribution in [0.25, 0.3) is 0 Å². The fraction of sp³-hybridized carbons (Fsp3) is 0.531. The van der Waals surface area contributed by atoms with Crippen LogP contribution in [0.3, 0.4) is 0 Å². The highest BCUT2D eigenvalue weighted by atomic mass is 16.6. The minimum Gasteiger partial charge on any atom is -0.444 e. The van der Waals surface area contributed by atoms with Gasteiger partial charge in [-0.2, -0.15) is 0 Å². The first-order valence-corrected chi connectivity index (χ1v) is 14.2. The van der Waals surface area contributed by atoms with Crippen LogP contribution in [-0.2, 0) is 27.3 Å². The molecular formula is C32H47N3O4. The first kappa shape index (κ1) is 31.9. The van der Waals surface area contributed by atoms with Crippen molar-refractivity contribution in [3.63, 3.8) is 0 Å². The Morgan fingerprint density at radius 1 is 0.897 bits per heavy atom. The monoisotopic (exact) mass is 537 g/mol. The molecule has 2 atom stereocenters. The van der Waals surface area contributed by atoms with Crippen molar-refractivity contribution in [2.24, 2.45) is 5.92 Å². The predicted octanol–water partition coefficient (Wildman–Crippen LogP) is 6.17. The van der Waals surface area contributed by atoms with Crippen LogP contribution >= 0.6 is 0 Å². The van der Waals surface area contributed by atoms with Gasteiger partial charge in [0.25, 0.3) is 0 Å². The molecule has 0 heterocycles. The molecule has 39 heavy (non-hydrogen) atoms. The maximum Gasteiger partial charge on any atom is 0.408 e. The van der Waals surface area contributed by atoms with E-state index in [4.69, 9.17) is 4.74 Å². The summed E-state index contributed by atoms with van der Waals surface area (Å²) < 4.78 is 5.45. The molecule has 0 aliphatic heterocycles. The molecule has 0 aromatic heterocycles. The van der Waals surface area contributed by atoms with Crippen molar-refractivity contribution in [3.8, 4) is 0 Å². The summed E-state index contributed by atoms with van der Waals surface area (Å²) >= 11 is 0. The molecule has 7 heteroatoms. The second-order valence-electron chi connectivity index (χ2n) is 11.3. The van der Waals surface area contributed by atoms with E-state index in [1.807, 2.05) is 68.4 Å². The van der Waals surface area contributed by atoms with Gasteiger partial charge in [-0.1, -0.05) is 95.1 Å². The molecule has 0 saturated carbocycles. The van der Waals surface area contributed by atoms with E-state index in [1.165, 1.54) is 0 Å². The molecule has 2 rings (SSSR count). The van der Waals surface area contributed by atoms with E-state index in [-0.39, 0.29) is 17.7 Å². The van der Waals surface area contributed by atoms with E-state index in [2.05, 4.69) is 24.5 Å². The molecule has 0 fully saturated rings. The number of carbonyl (C=O) groups excluding carboxylic acids is 3. The number of amides is 3. The van der Waals surface area contributed by atoms with Crippen molar-refractivity contribution >= 4 is 17.9 Å². The van der Waals surface area contributed by atoms with Crippen LogP contribution in [0.1, 0.15) is 90.5 Å². The second-order valence-corrected chi connectivity index (χ2v) is 11.3. The molecule has 2 N–H and O–H groups in total. The zero-order chi connectivity index (χ0) is 29.0. The lowest BCUT2D eigenvalue weighted by Crippen LogP contribution is -2.55. The van der Waals surface area contributed by atoms with Gasteiger partial charge in [0.05, 0.1) is 0 Å². The molecular weight excluding hydrogens is 490 g/mol. The van der Waals surface area contributed by atoms with Crippen LogP contribution in [0.2, 0.25) is 0 Å².